The van der Waals surface area contributed by atoms with Crippen LogP contribution in [-0.2, 0) is 0 Å². The van der Waals surface area contributed by atoms with E-state index in [4.69, 9.17) is 5.73 Å². The van der Waals surface area contributed by atoms with Crippen molar-refractivity contribution in [1.29, 1.82) is 0 Å². The highest BCUT2D eigenvalue weighted by Crippen LogP contribution is 2.21. The first kappa shape index (κ1) is 15.5. The molecule has 3 heteroatoms. The van der Waals surface area contributed by atoms with Crippen molar-refractivity contribution < 1.29 is 4.39 Å². The van der Waals surface area contributed by atoms with E-state index < -0.39 is 0 Å². The Hall–Kier alpha value is -0.930. The minimum absolute atomic E-state index is 0.0689. The molecular weight excluding hydrogens is 251 g/mol. The van der Waals surface area contributed by atoms with Gasteiger partial charge in [-0.25, -0.2) is 4.39 Å². The van der Waals surface area contributed by atoms with Gasteiger partial charge in [-0.15, -0.1) is 0 Å². The van der Waals surface area contributed by atoms with Gasteiger partial charge in [0.05, 0.1) is 0 Å². The van der Waals surface area contributed by atoms with Gasteiger partial charge in [0.15, 0.2) is 0 Å². The summed E-state index contributed by atoms with van der Waals surface area (Å²) < 4.78 is 13.6. The third-order valence-electron chi connectivity index (χ3n) is 4.54. The van der Waals surface area contributed by atoms with Gasteiger partial charge in [-0.1, -0.05) is 25.0 Å². The number of nitrogens with two attached hydrogens (primary N) is 1. The van der Waals surface area contributed by atoms with Crippen molar-refractivity contribution in [3.63, 3.8) is 0 Å². The van der Waals surface area contributed by atoms with Crippen LogP contribution >= 0.6 is 0 Å². The Balaban J connectivity index is 1.90. The molecule has 2 rings (SSSR count). The minimum Gasteiger partial charge on any atom is -0.324 e. The standard InChI is InChI=1S/C17H27FN2/c1-13-7-8-15(12-16(13)18)17(19)9-11-20-10-5-3-4-6-14(20)2/h7-8,12,14,17H,3-6,9-11,19H2,1-2H3. The molecule has 0 aromatic heterocycles. The van der Waals surface area contributed by atoms with Gasteiger partial charge < -0.3 is 10.6 Å². The van der Waals surface area contributed by atoms with Crippen LogP contribution in [0.1, 0.15) is 56.2 Å². The second-order valence-electron chi connectivity index (χ2n) is 6.14. The maximum absolute atomic E-state index is 13.6. The van der Waals surface area contributed by atoms with Crippen LogP contribution < -0.4 is 5.73 Å². The fourth-order valence-electron chi connectivity index (χ4n) is 2.98. The molecule has 0 bridgehead atoms. The van der Waals surface area contributed by atoms with Gasteiger partial charge in [0, 0.05) is 18.6 Å². The first-order valence-electron chi connectivity index (χ1n) is 7.83. The van der Waals surface area contributed by atoms with E-state index in [9.17, 15) is 4.39 Å². The molecule has 1 aromatic rings. The third kappa shape index (κ3) is 4.03. The summed E-state index contributed by atoms with van der Waals surface area (Å²) in [7, 11) is 0. The molecule has 2 N–H and O–H groups in total. The van der Waals surface area contributed by atoms with Crippen LogP contribution in [0.3, 0.4) is 0 Å². The summed E-state index contributed by atoms with van der Waals surface area (Å²) in [5, 5.41) is 0. The van der Waals surface area contributed by atoms with Crippen LogP contribution in [0.2, 0.25) is 0 Å². The normalized spacial score (nSPS) is 22.5. The molecule has 1 aromatic carbocycles. The number of likely N-dealkylation sites (tertiary alicyclic amines) is 1. The highest BCUT2D eigenvalue weighted by atomic mass is 19.1. The molecule has 2 unspecified atom stereocenters. The van der Waals surface area contributed by atoms with Crippen LogP contribution in [0, 0.1) is 12.7 Å². The first-order chi connectivity index (χ1) is 9.58. The number of benzene rings is 1. The molecule has 1 aliphatic heterocycles. The molecule has 112 valence electrons. The fraction of sp³-hybridized carbons (Fsp3) is 0.647. The Morgan fingerprint density at radius 2 is 2.15 bits per heavy atom. The lowest BCUT2D eigenvalue weighted by atomic mass is 10.0. The van der Waals surface area contributed by atoms with Gasteiger partial charge >= 0.3 is 0 Å². The molecule has 0 saturated carbocycles. The molecule has 0 amide bonds. The van der Waals surface area contributed by atoms with Gasteiger partial charge in [0.25, 0.3) is 0 Å². The van der Waals surface area contributed by atoms with Crippen LogP contribution in [0.5, 0.6) is 0 Å². The van der Waals surface area contributed by atoms with Crippen molar-refractivity contribution in [1.82, 2.24) is 4.90 Å². The van der Waals surface area contributed by atoms with Crippen molar-refractivity contribution in [2.45, 2.75) is 58.0 Å². The first-order valence-corrected chi connectivity index (χ1v) is 7.83. The summed E-state index contributed by atoms with van der Waals surface area (Å²) >= 11 is 0. The van der Waals surface area contributed by atoms with E-state index in [2.05, 4.69) is 11.8 Å². The SMILES string of the molecule is Cc1ccc(C(N)CCN2CCCCCC2C)cc1F. The van der Waals surface area contributed by atoms with E-state index in [1.807, 2.05) is 12.1 Å². The lowest BCUT2D eigenvalue weighted by molar-refractivity contribution is 0.206. The van der Waals surface area contributed by atoms with E-state index in [1.165, 1.54) is 32.2 Å². The van der Waals surface area contributed by atoms with Crippen molar-refractivity contribution in [3.8, 4) is 0 Å². The zero-order valence-electron chi connectivity index (χ0n) is 12.7. The van der Waals surface area contributed by atoms with Crippen molar-refractivity contribution in [3.05, 3.63) is 35.1 Å². The number of nitrogens with zero attached hydrogens (tertiary/aromatic N) is 1. The number of rotatable bonds is 4. The molecule has 0 radical (unpaired) electrons. The zero-order valence-corrected chi connectivity index (χ0v) is 12.7. The Bertz CT molecular complexity index is 433. The Morgan fingerprint density at radius 3 is 2.90 bits per heavy atom. The second-order valence-corrected chi connectivity index (χ2v) is 6.14. The number of aryl methyl sites for hydroxylation is 1. The van der Waals surface area contributed by atoms with Crippen LogP contribution in [-0.4, -0.2) is 24.0 Å². The highest BCUT2D eigenvalue weighted by molar-refractivity contribution is 5.25. The monoisotopic (exact) mass is 278 g/mol. The molecular formula is C17H27FN2. The summed E-state index contributed by atoms with van der Waals surface area (Å²) in [4.78, 5) is 2.54. The molecule has 1 fully saturated rings. The van der Waals surface area contributed by atoms with Gasteiger partial charge in [-0.05, 0) is 56.8 Å². The van der Waals surface area contributed by atoms with Crippen LogP contribution in [0.25, 0.3) is 0 Å². The van der Waals surface area contributed by atoms with Gasteiger partial charge in [0.2, 0.25) is 0 Å². The summed E-state index contributed by atoms with van der Waals surface area (Å²) in [6.07, 6.45) is 6.16. The average Bonchev–Trinajstić information content (AvgIpc) is 2.64. The van der Waals surface area contributed by atoms with Gasteiger partial charge in [0.1, 0.15) is 5.82 Å². The van der Waals surface area contributed by atoms with E-state index in [-0.39, 0.29) is 11.9 Å². The number of hydrogen-bond donors (Lipinski definition) is 1. The largest absolute Gasteiger partial charge is 0.324 e. The molecule has 1 saturated heterocycles. The van der Waals surface area contributed by atoms with Crippen LogP contribution in [0.15, 0.2) is 18.2 Å². The van der Waals surface area contributed by atoms with Crippen molar-refractivity contribution >= 4 is 0 Å². The molecule has 1 aliphatic rings. The quantitative estimate of drug-likeness (QED) is 0.908. The molecule has 2 nitrogen and oxygen atoms in total. The summed E-state index contributed by atoms with van der Waals surface area (Å²) in [5.41, 5.74) is 7.82. The predicted molar refractivity (Wildman–Crippen MR) is 82.2 cm³/mol. The van der Waals surface area contributed by atoms with Crippen LogP contribution in [0.4, 0.5) is 4.39 Å². The second kappa shape index (κ2) is 7.19. The summed E-state index contributed by atoms with van der Waals surface area (Å²) in [6.45, 7) is 6.28. The van der Waals surface area contributed by atoms with Crippen molar-refractivity contribution in [2.75, 3.05) is 13.1 Å². The Morgan fingerprint density at radius 1 is 1.35 bits per heavy atom. The maximum Gasteiger partial charge on any atom is 0.126 e. The summed E-state index contributed by atoms with van der Waals surface area (Å²) in [6, 6.07) is 5.94. The lowest BCUT2D eigenvalue weighted by Gasteiger charge is -2.28. The summed E-state index contributed by atoms with van der Waals surface area (Å²) in [5.74, 6) is -0.152. The number of hydrogen-bond acceptors (Lipinski definition) is 2. The molecule has 2 atom stereocenters. The average molecular weight is 278 g/mol. The predicted octanol–water partition coefficient (Wildman–Crippen LogP) is 3.79. The maximum atomic E-state index is 13.6. The van der Waals surface area contributed by atoms with Gasteiger partial charge in [-0.2, -0.15) is 0 Å². The number of halogens is 1. The van der Waals surface area contributed by atoms with E-state index in [1.54, 1.807) is 13.0 Å². The highest BCUT2D eigenvalue weighted by Gasteiger charge is 2.18. The minimum atomic E-state index is -0.152. The Kier molecular flexibility index (Phi) is 5.55. The molecule has 0 aliphatic carbocycles. The van der Waals surface area contributed by atoms with Gasteiger partial charge in [-0.3, -0.25) is 0 Å². The van der Waals surface area contributed by atoms with E-state index >= 15 is 0 Å². The Labute approximate surface area is 122 Å². The zero-order chi connectivity index (χ0) is 14.5. The molecule has 20 heavy (non-hydrogen) atoms. The van der Waals surface area contributed by atoms with E-state index in [0.29, 0.717) is 11.6 Å². The fourth-order valence-corrected chi connectivity index (χ4v) is 2.98. The smallest absolute Gasteiger partial charge is 0.126 e. The van der Waals surface area contributed by atoms with E-state index in [0.717, 1.165) is 18.5 Å². The topological polar surface area (TPSA) is 29.3 Å². The lowest BCUT2D eigenvalue weighted by Crippen LogP contribution is -2.34. The molecule has 0 spiro atoms. The van der Waals surface area contributed by atoms with Crippen molar-refractivity contribution in [2.24, 2.45) is 5.73 Å². The third-order valence-corrected chi connectivity index (χ3v) is 4.54. The molecule has 1 heterocycles.